The van der Waals surface area contributed by atoms with Crippen LogP contribution < -0.4 is 10.2 Å². The first kappa shape index (κ1) is 16.5. The molecule has 1 fully saturated rings. The molecule has 2 heterocycles. The van der Waals surface area contributed by atoms with E-state index in [2.05, 4.69) is 29.1 Å². The van der Waals surface area contributed by atoms with Crippen molar-refractivity contribution < 1.29 is 8.42 Å². The van der Waals surface area contributed by atoms with E-state index in [1.165, 1.54) is 6.26 Å². The van der Waals surface area contributed by atoms with Gasteiger partial charge in [0, 0.05) is 36.9 Å². The maximum Gasteiger partial charge on any atom is 0.169 e. The van der Waals surface area contributed by atoms with Crippen LogP contribution in [0.5, 0.6) is 0 Å². The summed E-state index contributed by atoms with van der Waals surface area (Å²) in [6.45, 7) is 5.49. The van der Waals surface area contributed by atoms with Gasteiger partial charge in [0.25, 0.3) is 0 Å². The zero-order valence-electron chi connectivity index (χ0n) is 12.6. The maximum absolute atomic E-state index is 11.9. The lowest BCUT2D eigenvalue weighted by molar-refractivity contribution is 0.577. The van der Waals surface area contributed by atoms with Crippen molar-refractivity contribution in [2.75, 3.05) is 29.2 Å². The van der Waals surface area contributed by atoms with Crippen LogP contribution in [0.4, 0.5) is 5.82 Å². The molecule has 0 aromatic carbocycles. The summed E-state index contributed by atoms with van der Waals surface area (Å²) in [4.78, 5) is 10.6. The van der Waals surface area contributed by atoms with E-state index in [4.69, 9.17) is 0 Å². The third kappa shape index (κ3) is 4.55. The molecule has 1 aromatic heterocycles. The second-order valence-electron chi connectivity index (χ2n) is 5.45. The molecule has 0 spiro atoms. The van der Waals surface area contributed by atoms with E-state index in [0.29, 0.717) is 30.7 Å². The number of hydrogen-bond donors (Lipinski definition) is 1. The van der Waals surface area contributed by atoms with Gasteiger partial charge < -0.3 is 10.2 Å². The summed E-state index contributed by atoms with van der Waals surface area (Å²) < 4.78 is 23.8. The number of hydrogen-bond acceptors (Lipinski definition) is 7. The van der Waals surface area contributed by atoms with E-state index < -0.39 is 15.2 Å². The molecule has 1 aliphatic heterocycles. The van der Waals surface area contributed by atoms with Crippen molar-refractivity contribution in [3.05, 3.63) is 18.1 Å². The molecule has 1 N–H and O–H groups in total. The Labute approximate surface area is 130 Å². The molecular formula is C13H22N4O2S2. The highest BCUT2D eigenvalue weighted by molar-refractivity contribution is 8.01. The van der Waals surface area contributed by atoms with Crippen LogP contribution in [0, 0.1) is 0 Å². The summed E-state index contributed by atoms with van der Waals surface area (Å²) in [5.74, 6) is 2.13. The first-order valence-corrected chi connectivity index (χ1v) is 10.1. The van der Waals surface area contributed by atoms with Crippen molar-refractivity contribution in [2.45, 2.75) is 31.8 Å². The lowest BCUT2D eigenvalue weighted by Gasteiger charge is -2.34. The summed E-state index contributed by atoms with van der Waals surface area (Å²) in [5, 5.41) is 2.77. The highest BCUT2D eigenvalue weighted by atomic mass is 32.2. The maximum atomic E-state index is 11.9. The van der Waals surface area contributed by atoms with Crippen molar-refractivity contribution in [1.82, 2.24) is 15.3 Å². The molecular weight excluding hydrogens is 308 g/mol. The second kappa shape index (κ2) is 6.93. The molecule has 0 bridgehead atoms. The van der Waals surface area contributed by atoms with Crippen LogP contribution in [0.15, 0.2) is 12.4 Å². The number of nitrogens with one attached hydrogen (secondary N) is 1. The number of anilines is 1. The Morgan fingerprint density at radius 3 is 2.76 bits per heavy atom. The minimum atomic E-state index is -3.13. The summed E-state index contributed by atoms with van der Waals surface area (Å²) in [6, 6.07) is 0.389. The Bertz CT molecular complexity index is 560. The number of sulfone groups is 1. The molecule has 21 heavy (non-hydrogen) atoms. The zero-order chi connectivity index (χ0) is 15.5. The Morgan fingerprint density at radius 2 is 2.19 bits per heavy atom. The van der Waals surface area contributed by atoms with E-state index in [0.717, 1.165) is 11.4 Å². The molecule has 1 aliphatic rings. The first-order valence-electron chi connectivity index (χ1n) is 6.95. The molecule has 1 aromatic rings. The SMILES string of the molecule is CC(C)NCc1cnc(N2CCSCC2S(C)(=O)=O)cn1. The van der Waals surface area contributed by atoms with E-state index in [-0.39, 0.29) is 0 Å². The average molecular weight is 330 g/mol. The van der Waals surface area contributed by atoms with Gasteiger partial charge in [-0.2, -0.15) is 11.8 Å². The van der Waals surface area contributed by atoms with Gasteiger partial charge in [-0.15, -0.1) is 0 Å². The molecule has 1 saturated heterocycles. The van der Waals surface area contributed by atoms with Crippen molar-refractivity contribution in [3.8, 4) is 0 Å². The molecule has 0 saturated carbocycles. The zero-order valence-corrected chi connectivity index (χ0v) is 14.2. The van der Waals surface area contributed by atoms with E-state index in [1.54, 1.807) is 24.2 Å². The fourth-order valence-corrected chi connectivity index (χ4v) is 4.92. The van der Waals surface area contributed by atoms with Gasteiger partial charge in [0.05, 0.1) is 18.1 Å². The predicted octanol–water partition coefficient (Wildman–Crippen LogP) is 0.898. The van der Waals surface area contributed by atoms with E-state index in [9.17, 15) is 8.42 Å². The topological polar surface area (TPSA) is 75.2 Å². The van der Waals surface area contributed by atoms with Crippen molar-refractivity contribution in [2.24, 2.45) is 0 Å². The Hall–Kier alpha value is -0.860. The van der Waals surface area contributed by atoms with Gasteiger partial charge in [0.2, 0.25) is 0 Å². The van der Waals surface area contributed by atoms with E-state index >= 15 is 0 Å². The van der Waals surface area contributed by atoms with Crippen LogP contribution >= 0.6 is 11.8 Å². The van der Waals surface area contributed by atoms with Gasteiger partial charge in [-0.3, -0.25) is 4.98 Å². The number of aromatic nitrogens is 2. The largest absolute Gasteiger partial charge is 0.337 e. The van der Waals surface area contributed by atoms with Crippen LogP contribution in [-0.4, -0.2) is 54.1 Å². The average Bonchev–Trinajstić information content (AvgIpc) is 2.45. The Balaban J connectivity index is 2.12. The Kier molecular flexibility index (Phi) is 5.45. The molecule has 0 amide bonds. The van der Waals surface area contributed by atoms with Gasteiger partial charge in [0.1, 0.15) is 11.2 Å². The molecule has 8 heteroatoms. The number of thioether (sulfide) groups is 1. The quantitative estimate of drug-likeness (QED) is 0.859. The lowest BCUT2D eigenvalue weighted by Crippen LogP contribution is -2.47. The fourth-order valence-electron chi connectivity index (χ4n) is 2.09. The van der Waals surface area contributed by atoms with Crippen LogP contribution in [0.25, 0.3) is 0 Å². The van der Waals surface area contributed by atoms with Crippen molar-refractivity contribution in [3.63, 3.8) is 0 Å². The van der Waals surface area contributed by atoms with Crippen LogP contribution in [-0.2, 0) is 16.4 Å². The minimum absolute atomic E-state index is 0.389. The van der Waals surface area contributed by atoms with Crippen molar-refractivity contribution >= 4 is 27.4 Å². The number of nitrogens with zero attached hydrogens (tertiary/aromatic N) is 3. The van der Waals surface area contributed by atoms with Crippen LogP contribution in [0.2, 0.25) is 0 Å². The number of rotatable bonds is 5. The molecule has 118 valence electrons. The molecule has 6 nitrogen and oxygen atoms in total. The van der Waals surface area contributed by atoms with Gasteiger partial charge in [-0.05, 0) is 0 Å². The summed E-state index contributed by atoms with van der Waals surface area (Å²) >= 11 is 1.66. The summed E-state index contributed by atoms with van der Waals surface area (Å²) in [7, 11) is -3.13. The summed E-state index contributed by atoms with van der Waals surface area (Å²) in [5.41, 5.74) is 0.856. The minimum Gasteiger partial charge on any atom is -0.337 e. The predicted molar refractivity (Wildman–Crippen MR) is 87.3 cm³/mol. The van der Waals surface area contributed by atoms with Gasteiger partial charge in [-0.1, -0.05) is 13.8 Å². The molecule has 2 rings (SSSR count). The highest BCUT2D eigenvalue weighted by Gasteiger charge is 2.31. The van der Waals surface area contributed by atoms with Gasteiger partial charge >= 0.3 is 0 Å². The normalized spacial score (nSPS) is 20.0. The van der Waals surface area contributed by atoms with Crippen LogP contribution in [0.1, 0.15) is 19.5 Å². The molecule has 1 unspecified atom stereocenters. The standard InChI is InChI=1S/C13H22N4O2S2/c1-10(2)14-6-11-7-16-12(8-15-11)17-4-5-20-9-13(17)21(3,18)19/h7-8,10,13-14H,4-6,9H2,1-3H3. The Morgan fingerprint density at radius 1 is 1.43 bits per heavy atom. The third-order valence-corrected chi connectivity index (χ3v) is 5.90. The molecule has 0 radical (unpaired) electrons. The smallest absolute Gasteiger partial charge is 0.169 e. The fraction of sp³-hybridized carbons (Fsp3) is 0.692. The van der Waals surface area contributed by atoms with E-state index in [1.807, 2.05) is 4.90 Å². The highest BCUT2D eigenvalue weighted by Crippen LogP contribution is 2.24. The van der Waals surface area contributed by atoms with Gasteiger partial charge in [-0.25, -0.2) is 13.4 Å². The third-order valence-electron chi connectivity index (χ3n) is 3.26. The first-order chi connectivity index (χ1) is 9.88. The molecule has 1 atom stereocenters. The second-order valence-corrected chi connectivity index (χ2v) is 8.81. The van der Waals surface area contributed by atoms with Crippen LogP contribution in [0.3, 0.4) is 0 Å². The lowest BCUT2D eigenvalue weighted by atomic mass is 10.3. The summed E-state index contributed by atoms with van der Waals surface area (Å²) in [6.07, 6.45) is 4.67. The van der Waals surface area contributed by atoms with Crippen molar-refractivity contribution in [1.29, 1.82) is 0 Å². The molecule has 0 aliphatic carbocycles. The van der Waals surface area contributed by atoms with Gasteiger partial charge in [0.15, 0.2) is 9.84 Å². The monoisotopic (exact) mass is 330 g/mol.